The molecule has 0 aliphatic carbocycles. The smallest absolute Gasteiger partial charge is 0.303 e. The molecule has 120 valence electrons. The molecule has 1 aromatic rings. The monoisotopic (exact) mass is 332 g/mol. The molecule has 1 atom stereocenters. The van der Waals surface area contributed by atoms with Gasteiger partial charge in [0.05, 0.1) is 5.69 Å². The van der Waals surface area contributed by atoms with Crippen LogP contribution in [0, 0.1) is 0 Å². The number of nitrogens with one attached hydrogen (secondary N) is 1. The van der Waals surface area contributed by atoms with Crippen molar-refractivity contribution in [2.75, 3.05) is 17.8 Å². The maximum absolute atomic E-state index is 12.5. The van der Waals surface area contributed by atoms with Gasteiger partial charge in [0.2, 0.25) is 0 Å². The first-order chi connectivity index (χ1) is 9.74. The number of anilines is 1. The van der Waals surface area contributed by atoms with Crippen LogP contribution in [0.2, 0.25) is 0 Å². The molecule has 1 aliphatic rings. The molecule has 3 N–H and O–H groups in total. The Morgan fingerprint density at radius 3 is 2.76 bits per heavy atom. The zero-order valence-corrected chi connectivity index (χ0v) is 14.4. The zero-order chi connectivity index (χ0) is 15.7. The summed E-state index contributed by atoms with van der Waals surface area (Å²) in [6.45, 7) is 7.03. The van der Waals surface area contributed by atoms with Crippen molar-refractivity contribution in [1.29, 1.82) is 0 Å². The summed E-state index contributed by atoms with van der Waals surface area (Å²) in [7, 11) is -3.58. The number of nitrogens with zero attached hydrogens (tertiary/aromatic N) is 2. The fourth-order valence-electron chi connectivity index (χ4n) is 2.36. The normalized spacial score (nSPS) is 21.4. The van der Waals surface area contributed by atoms with Crippen molar-refractivity contribution in [2.45, 2.75) is 51.5 Å². The van der Waals surface area contributed by atoms with Gasteiger partial charge >= 0.3 is 10.2 Å². The molecule has 1 aliphatic heterocycles. The van der Waals surface area contributed by atoms with Crippen LogP contribution in [-0.4, -0.2) is 36.8 Å². The van der Waals surface area contributed by atoms with E-state index in [9.17, 15) is 8.42 Å². The lowest BCUT2D eigenvalue weighted by Gasteiger charge is -2.33. The molecule has 0 aromatic carbocycles. The Kier molecular flexibility index (Phi) is 4.92. The first-order valence-electron chi connectivity index (χ1n) is 7.19. The van der Waals surface area contributed by atoms with Crippen LogP contribution in [-0.2, 0) is 15.6 Å². The highest BCUT2D eigenvalue weighted by Gasteiger charge is 2.32. The third-order valence-electron chi connectivity index (χ3n) is 3.64. The molecule has 0 radical (unpaired) electrons. The number of piperidine rings is 1. The van der Waals surface area contributed by atoms with Gasteiger partial charge < -0.3 is 5.73 Å². The fraction of sp³-hybridized carbons (Fsp3) is 0.769. The standard InChI is InChI=1S/C13H24N4O2S2/c1-13(2,3)11-9-20-12(15-11)16-21(18,19)17-7-5-4-6-10(17)8-14/h9-10H,4-8,14H2,1-3H3,(H,15,16). The van der Waals surface area contributed by atoms with Gasteiger partial charge in [-0.25, -0.2) is 9.71 Å². The number of aromatic nitrogens is 1. The maximum Gasteiger partial charge on any atom is 0.303 e. The minimum Gasteiger partial charge on any atom is -0.329 e. The molecule has 8 heteroatoms. The highest BCUT2D eigenvalue weighted by molar-refractivity contribution is 7.90. The molecule has 0 spiro atoms. The first kappa shape index (κ1) is 16.7. The lowest BCUT2D eigenvalue weighted by Crippen LogP contribution is -2.49. The average molecular weight is 332 g/mol. The molecule has 2 rings (SSSR count). The minimum atomic E-state index is -3.58. The van der Waals surface area contributed by atoms with Gasteiger partial charge in [-0.1, -0.05) is 27.2 Å². The quantitative estimate of drug-likeness (QED) is 0.881. The Balaban J connectivity index is 2.15. The van der Waals surface area contributed by atoms with Crippen LogP contribution in [0.1, 0.15) is 45.7 Å². The van der Waals surface area contributed by atoms with E-state index in [1.165, 1.54) is 15.6 Å². The number of rotatable bonds is 4. The summed E-state index contributed by atoms with van der Waals surface area (Å²) >= 11 is 1.32. The minimum absolute atomic E-state index is 0.0922. The molecular weight excluding hydrogens is 308 g/mol. The highest BCUT2D eigenvalue weighted by atomic mass is 32.2. The van der Waals surface area contributed by atoms with Gasteiger partial charge in [0.1, 0.15) is 0 Å². The van der Waals surface area contributed by atoms with Gasteiger partial charge in [-0.3, -0.25) is 0 Å². The molecule has 1 unspecified atom stereocenters. The van der Waals surface area contributed by atoms with Gasteiger partial charge in [-0.15, -0.1) is 11.3 Å². The Morgan fingerprint density at radius 2 is 2.19 bits per heavy atom. The molecule has 6 nitrogen and oxygen atoms in total. The molecular formula is C13H24N4O2S2. The lowest BCUT2D eigenvalue weighted by molar-refractivity contribution is 0.259. The predicted molar refractivity (Wildman–Crippen MR) is 86.8 cm³/mol. The van der Waals surface area contributed by atoms with Crippen molar-refractivity contribution in [3.63, 3.8) is 0 Å². The van der Waals surface area contributed by atoms with E-state index in [2.05, 4.69) is 30.5 Å². The van der Waals surface area contributed by atoms with Crippen molar-refractivity contribution >= 4 is 26.7 Å². The van der Waals surface area contributed by atoms with Crippen molar-refractivity contribution in [2.24, 2.45) is 5.73 Å². The van der Waals surface area contributed by atoms with E-state index in [-0.39, 0.29) is 11.5 Å². The van der Waals surface area contributed by atoms with Crippen molar-refractivity contribution < 1.29 is 8.42 Å². The highest BCUT2D eigenvalue weighted by Crippen LogP contribution is 2.28. The molecule has 2 heterocycles. The summed E-state index contributed by atoms with van der Waals surface area (Å²) in [5.41, 5.74) is 6.49. The second kappa shape index (κ2) is 6.20. The Bertz CT molecular complexity index is 577. The molecule has 1 aromatic heterocycles. The zero-order valence-electron chi connectivity index (χ0n) is 12.8. The average Bonchev–Trinajstić information content (AvgIpc) is 2.86. The van der Waals surface area contributed by atoms with E-state index < -0.39 is 10.2 Å². The summed E-state index contributed by atoms with van der Waals surface area (Å²) < 4.78 is 29.1. The second-order valence-corrected chi connectivity index (χ2v) is 8.87. The Hall–Kier alpha value is -0.700. The Labute approximate surface area is 130 Å². The van der Waals surface area contributed by atoms with Crippen LogP contribution in [0.25, 0.3) is 0 Å². The van der Waals surface area contributed by atoms with Gasteiger partial charge in [-0.05, 0) is 12.8 Å². The number of thiazole rings is 1. The molecule has 0 amide bonds. The van der Waals surface area contributed by atoms with Crippen molar-refractivity contribution in [3.8, 4) is 0 Å². The van der Waals surface area contributed by atoms with Crippen LogP contribution in [0.15, 0.2) is 5.38 Å². The molecule has 1 fully saturated rings. The predicted octanol–water partition coefficient (Wildman–Crippen LogP) is 1.91. The Morgan fingerprint density at radius 1 is 1.48 bits per heavy atom. The summed E-state index contributed by atoms with van der Waals surface area (Å²) in [5.74, 6) is 0. The number of hydrogen-bond acceptors (Lipinski definition) is 5. The van der Waals surface area contributed by atoms with Crippen LogP contribution in [0.5, 0.6) is 0 Å². The van der Waals surface area contributed by atoms with Crippen molar-refractivity contribution in [3.05, 3.63) is 11.1 Å². The summed E-state index contributed by atoms with van der Waals surface area (Å²) in [4.78, 5) is 4.38. The van der Waals surface area contributed by atoms with Crippen LogP contribution < -0.4 is 10.5 Å². The van der Waals surface area contributed by atoms with E-state index in [1.807, 2.05) is 5.38 Å². The first-order valence-corrected chi connectivity index (χ1v) is 9.51. The van der Waals surface area contributed by atoms with Crippen LogP contribution in [0.4, 0.5) is 5.13 Å². The summed E-state index contributed by atoms with van der Waals surface area (Å²) in [5, 5.41) is 2.32. The van der Waals surface area contributed by atoms with E-state index in [4.69, 9.17) is 5.73 Å². The fourth-order valence-corrected chi connectivity index (χ4v) is 4.99. The second-order valence-electron chi connectivity index (χ2n) is 6.39. The largest absolute Gasteiger partial charge is 0.329 e. The molecule has 1 saturated heterocycles. The third-order valence-corrected chi connectivity index (χ3v) is 6.08. The molecule has 0 saturated carbocycles. The SMILES string of the molecule is CC(C)(C)c1csc(NS(=O)(=O)N2CCCCC2CN)n1. The van der Waals surface area contributed by atoms with Gasteiger partial charge in [0.25, 0.3) is 0 Å². The van der Waals surface area contributed by atoms with E-state index in [1.54, 1.807) is 0 Å². The van der Waals surface area contributed by atoms with E-state index in [0.29, 0.717) is 18.2 Å². The molecule has 21 heavy (non-hydrogen) atoms. The topological polar surface area (TPSA) is 88.3 Å². The van der Waals surface area contributed by atoms with Gasteiger partial charge in [0, 0.05) is 29.9 Å². The number of hydrogen-bond donors (Lipinski definition) is 2. The lowest BCUT2D eigenvalue weighted by atomic mass is 9.93. The van der Waals surface area contributed by atoms with Crippen molar-refractivity contribution in [1.82, 2.24) is 9.29 Å². The maximum atomic E-state index is 12.5. The van der Waals surface area contributed by atoms with Crippen LogP contribution in [0.3, 0.4) is 0 Å². The van der Waals surface area contributed by atoms with Gasteiger partial charge in [-0.2, -0.15) is 12.7 Å². The van der Waals surface area contributed by atoms with E-state index >= 15 is 0 Å². The van der Waals surface area contributed by atoms with Crippen LogP contribution >= 0.6 is 11.3 Å². The molecule has 0 bridgehead atoms. The third kappa shape index (κ3) is 3.94. The summed E-state index contributed by atoms with van der Waals surface area (Å²) in [6, 6.07) is -0.113. The van der Waals surface area contributed by atoms with E-state index in [0.717, 1.165) is 25.0 Å². The number of nitrogens with two attached hydrogens (primary N) is 1. The van der Waals surface area contributed by atoms with Gasteiger partial charge in [0.15, 0.2) is 5.13 Å². The summed E-state index contributed by atoms with van der Waals surface area (Å²) in [6.07, 6.45) is 2.73.